The highest BCUT2D eigenvalue weighted by Gasteiger charge is 2.33. The van der Waals surface area contributed by atoms with E-state index in [-0.39, 0.29) is 0 Å². The van der Waals surface area contributed by atoms with Crippen molar-refractivity contribution < 1.29 is 9.47 Å². The van der Waals surface area contributed by atoms with Gasteiger partial charge in [-0.05, 0) is 19.1 Å². The maximum absolute atomic E-state index is 5.43. The third kappa shape index (κ3) is 1.06. The van der Waals surface area contributed by atoms with Gasteiger partial charge in [0.25, 0.3) is 0 Å². The van der Waals surface area contributed by atoms with Crippen LogP contribution in [0.3, 0.4) is 0 Å². The molecule has 0 aliphatic carbocycles. The zero-order chi connectivity index (χ0) is 7.73. The molecule has 60 valence electrons. The summed E-state index contributed by atoms with van der Waals surface area (Å²) in [5.74, 6) is -0.538. The fourth-order valence-corrected chi connectivity index (χ4v) is 1.28. The molecule has 0 bridgehead atoms. The Bertz CT molecular complexity index is 224. The Kier molecular flexibility index (Phi) is 1.47. The van der Waals surface area contributed by atoms with E-state index in [1.165, 1.54) is 0 Å². The molecule has 1 N–H and O–H groups in total. The van der Waals surface area contributed by atoms with Gasteiger partial charge in [0.05, 0.1) is 18.9 Å². The van der Waals surface area contributed by atoms with Crippen LogP contribution in [0.15, 0.2) is 18.3 Å². The molecular weight excluding hydrogens is 142 g/mol. The van der Waals surface area contributed by atoms with E-state index in [0.29, 0.717) is 13.2 Å². The molecule has 0 atom stereocenters. The molecule has 2 heterocycles. The fraction of sp³-hybridized carbons (Fsp3) is 0.500. The summed E-state index contributed by atoms with van der Waals surface area (Å²) in [5, 5.41) is 0. The number of nitrogens with one attached hydrogen (secondary N) is 1. The van der Waals surface area contributed by atoms with Crippen LogP contribution in [-0.4, -0.2) is 18.2 Å². The van der Waals surface area contributed by atoms with Gasteiger partial charge in [-0.3, -0.25) is 0 Å². The van der Waals surface area contributed by atoms with Crippen LogP contribution in [0.25, 0.3) is 0 Å². The average Bonchev–Trinajstić information content (AvgIpc) is 2.55. The van der Waals surface area contributed by atoms with Crippen LogP contribution in [0.2, 0.25) is 0 Å². The number of hydrogen-bond donors (Lipinski definition) is 1. The van der Waals surface area contributed by atoms with E-state index >= 15 is 0 Å². The standard InChI is InChI=1S/C8H11NO2/c1-8(10-5-6-11-8)7-3-2-4-9-7/h2-4,9H,5-6H2,1H3. The number of ether oxygens (including phenoxy) is 2. The third-order valence-electron chi connectivity index (χ3n) is 1.93. The highest BCUT2D eigenvalue weighted by molar-refractivity contribution is 5.10. The molecule has 1 aliphatic heterocycles. The summed E-state index contributed by atoms with van der Waals surface area (Å²) in [4.78, 5) is 3.07. The molecule has 1 aromatic heterocycles. The molecule has 3 nitrogen and oxygen atoms in total. The van der Waals surface area contributed by atoms with Crippen molar-refractivity contribution in [2.24, 2.45) is 0 Å². The monoisotopic (exact) mass is 153 g/mol. The first-order valence-electron chi connectivity index (χ1n) is 3.73. The lowest BCUT2D eigenvalue weighted by atomic mass is 10.2. The van der Waals surface area contributed by atoms with Crippen LogP contribution in [0.1, 0.15) is 12.6 Å². The van der Waals surface area contributed by atoms with Crippen LogP contribution in [0.4, 0.5) is 0 Å². The summed E-state index contributed by atoms with van der Waals surface area (Å²) in [5.41, 5.74) is 0.981. The second-order valence-electron chi connectivity index (χ2n) is 2.73. The van der Waals surface area contributed by atoms with Crippen molar-refractivity contribution in [3.05, 3.63) is 24.0 Å². The Labute approximate surface area is 65.3 Å². The van der Waals surface area contributed by atoms with Crippen molar-refractivity contribution in [1.29, 1.82) is 0 Å². The van der Waals surface area contributed by atoms with Gasteiger partial charge in [-0.1, -0.05) is 0 Å². The van der Waals surface area contributed by atoms with Crippen LogP contribution in [0, 0.1) is 0 Å². The van der Waals surface area contributed by atoms with E-state index in [1.54, 1.807) is 0 Å². The Morgan fingerprint density at radius 2 is 2.18 bits per heavy atom. The first-order chi connectivity index (χ1) is 5.31. The highest BCUT2D eigenvalue weighted by atomic mass is 16.7. The van der Waals surface area contributed by atoms with Crippen molar-refractivity contribution in [2.75, 3.05) is 13.2 Å². The number of aromatic nitrogens is 1. The first-order valence-corrected chi connectivity index (χ1v) is 3.73. The lowest BCUT2D eigenvalue weighted by molar-refractivity contribution is -0.152. The molecule has 2 rings (SSSR count). The van der Waals surface area contributed by atoms with Gasteiger partial charge in [0.1, 0.15) is 0 Å². The molecule has 1 aromatic rings. The van der Waals surface area contributed by atoms with E-state index in [9.17, 15) is 0 Å². The van der Waals surface area contributed by atoms with Crippen molar-refractivity contribution in [3.8, 4) is 0 Å². The van der Waals surface area contributed by atoms with E-state index < -0.39 is 5.79 Å². The Hall–Kier alpha value is -0.800. The summed E-state index contributed by atoms with van der Waals surface area (Å²) in [6, 6.07) is 3.90. The summed E-state index contributed by atoms with van der Waals surface area (Å²) in [7, 11) is 0. The van der Waals surface area contributed by atoms with Gasteiger partial charge >= 0.3 is 0 Å². The second kappa shape index (κ2) is 2.36. The van der Waals surface area contributed by atoms with Crippen molar-refractivity contribution in [3.63, 3.8) is 0 Å². The zero-order valence-corrected chi connectivity index (χ0v) is 6.46. The van der Waals surface area contributed by atoms with Crippen molar-refractivity contribution in [2.45, 2.75) is 12.7 Å². The first kappa shape index (κ1) is 6.88. The highest BCUT2D eigenvalue weighted by Crippen LogP contribution is 2.28. The normalized spacial score (nSPS) is 22.3. The van der Waals surface area contributed by atoms with Crippen LogP contribution >= 0.6 is 0 Å². The van der Waals surface area contributed by atoms with Crippen LogP contribution in [0.5, 0.6) is 0 Å². The second-order valence-corrected chi connectivity index (χ2v) is 2.73. The minimum absolute atomic E-state index is 0.538. The molecule has 3 heteroatoms. The predicted octanol–water partition coefficient (Wildman–Crippen LogP) is 1.23. The summed E-state index contributed by atoms with van der Waals surface area (Å²) in [6.07, 6.45) is 1.87. The van der Waals surface area contributed by atoms with Gasteiger partial charge in [-0.2, -0.15) is 0 Å². The largest absolute Gasteiger partial charge is 0.361 e. The third-order valence-corrected chi connectivity index (χ3v) is 1.93. The van der Waals surface area contributed by atoms with Crippen molar-refractivity contribution >= 4 is 0 Å². The molecule has 0 spiro atoms. The number of aromatic amines is 1. The molecule has 0 saturated carbocycles. The number of hydrogen-bond acceptors (Lipinski definition) is 2. The molecular formula is C8H11NO2. The molecule has 0 radical (unpaired) electrons. The smallest absolute Gasteiger partial charge is 0.207 e. The Morgan fingerprint density at radius 3 is 2.73 bits per heavy atom. The fourth-order valence-electron chi connectivity index (χ4n) is 1.28. The quantitative estimate of drug-likeness (QED) is 0.658. The maximum Gasteiger partial charge on any atom is 0.207 e. The lowest BCUT2D eigenvalue weighted by Crippen LogP contribution is -2.22. The minimum atomic E-state index is -0.538. The van der Waals surface area contributed by atoms with Crippen LogP contribution in [-0.2, 0) is 15.3 Å². The molecule has 0 aromatic carbocycles. The van der Waals surface area contributed by atoms with Gasteiger partial charge in [0.2, 0.25) is 5.79 Å². The summed E-state index contributed by atoms with van der Waals surface area (Å²) < 4.78 is 10.9. The number of H-pyrrole nitrogens is 1. The lowest BCUT2D eigenvalue weighted by Gasteiger charge is -2.20. The topological polar surface area (TPSA) is 34.2 Å². The van der Waals surface area contributed by atoms with E-state index in [2.05, 4.69) is 4.98 Å². The van der Waals surface area contributed by atoms with E-state index in [4.69, 9.17) is 9.47 Å². The van der Waals surface area contributed by atoms with Gasteiger partial charge in [0, 0.05) is 6.20 Å². The van der Waals surface area contributed by atoms with E-state index in [0.717, 1.165) is 5.69 Å². The molecule has 1 saturated heterocycles. The van der Waals surface area contributed by atoms with Gasteiger partial charge < -0.3 is 14.5 Å². The minimum Gasteiger partial charge on any atom is -0.361 e. The molecule has 1 fully saturated rings. The SMILES string of the molecule is CC1(c2ccc[nH]2)OCCO1. The Morgan fingerprint density at radius 1 is 1.45 bits per heavy atom. The van der Waals surface area contributed by atoms with Gasteiger partial charge in [-0.25, -0.2) is 0 Å². The summed E-state index contributed by atoms with van der Waals surface area (Å²) in [6.45, 7) is 3.27. The zero-order valence-electron chi connectivity index (χ0n) is 6.46. The van der Waals surface area contributed by atoms with Crippen LogP contribution < -0.4 is 0 Å². The molecule has 0 amide bonds. The Balaban J connectivity index is 2.27. The average molecular weight is 153 g/mol. The maximum atomic E-state index is 5.43. The van der Waals surface area contributed by atoms with E-state index in [1.807, 2.05) is 25.3 Å². The molecule has 0 unspecified atom stereocenters. The number of rotatable bonds is 1. The van der Waals surface area contributed by atoms with Crippen molar-refractivity contribution in [1.82, 2.24) is 4.98 Å². The molecule has 11 heavy (non-hydrogen) atoms. The van der Waals surface area contributed by atoms with Gasteiger partial charge in [-0.15, -0.1) is 0 Å². The van der Waals surface area contributed by atoms with Gasteiger partial charge in [0.15, 0.2) is 0 Å². The summed E-state index contributed by atoms with van der Waals surface area (Å²) >= 11 is 0. The predicted molar refractivity (Wildman–Crippen MR) is 40.0 cm³/mol. The molecule has 1 aliphatic rings.